The van der Waals surface area contributed by atoms with Gasteiger partial charge >= 0.3 is 6.03 Å². The summed E-state index contributed by atoms with van der Waals surface area (Å²) in [5.74, 6) is -0.212. The van der Waals surface area contributed by atoms with Gasteiger partial charge in [-0.2, -0.15) is 0 Å². The van der Waals surface area contributed by atoms with E-state index in [4.69, 9.17) is 9.47 Å². The average Bonchev–Trinajstić information content (AvgIpc) is 2.80. The molecule has 2 N–H and O–H groups in total. The number of ether oxygens (including phenoxy) is 2. The van der Waals surface area contributed by atoms with Crippen molar-refractivity contribution in [1.29, 1.82) is 0 Å². The standard InChI is InChI=1S/C16H19N3O5/c1-23-12-4-2-3-11(9-12)17-13(20)10-19-14(21)16(18-15(19)22)5-7-24-8-6-16/h2-4,9H,5-8,10H2,1H3,(H,17,20)(H,18,22). The molecule has 24 heavy (non-hydrogen) atoms. The number of benzene rings is 1. The Morgan fingerprint density at radius 2 is 2.12 bits per heavy atom. The summed E-state index contributed by atoms with van der Waals surface area (Å²) in [5.41, 5.74) is -0.391. The van der Waals surface area contributed by atoms with E-state index < -0.39 is 17.5 Å². The third-order valence-electron chi connectivity index (χ3n) is 4.25. The molecule has 0 saturated carbocycles. The van der Waals surface area contributed by atoms with Crippen LogP contribution < -0.4 is 15.4 Å². The molecule has 4 amide bonds. The number of urea groups is 1. The molecule has 8 heteroatoms. The van der Waals surface area contributed by atoms with Crippen molar-refractivity contribution in [3.8, 4) is 5.75 Å². The Morgan fingerprint density at radius 3 is 2.83 bits per heavy atom. The third-order valence-corrected chi connectivity index (χ3v) is 4.25. The van der Waals surface area contributed by atoms with Crippen molar-refractivity contribution in [3.05, 3.63) is 24.3 Å². The molecule has 2 aliphatic rings. The zero-order valence-corrected chi connectivity index (χ0v) is 13.3. The van der Waals surface area contributed by atoms with Crippen LogP contribution in [0.3, 0.4) is 0 Å². The van der Waals surface area contributed by atoms with Gasteiger partial charge in [0.05, 0.1) is 7.11 Å². The van der Waals surface area contributed by atoms with Gasteiger partial charge in [-0.15, -0.1) is 0 Å². The predicted octanol–water partition coefficient (Wildman–Crippen LogP) is 0.735. The van der Waals surface area contributed by atoms with Gasteiger partial charge in [0.25, 0.3) is 5.91 Å². The largest absolute Gasteiger partial charge is 0.497 e. The van der Waals surface area contributed by atoms with Crippen LogP contribution in [0.5, 0.6) is 5.75 Å². The highest BCUT2D eigenvalue weighted by molar-refractivity contribution is 6.10. The summed E-state index contributed by atoms with van der Waals surface area (Å²) in [4.78, 5) is 37.8. The van der Waals surface area contributed by atoms with Gasteiger partial charge in [0.2, 0.25) is 5.91 Å². The summed E-state index contributed by atoms with van der Waals surface area (Å²) in [6, 6.07) is 6.31. The molecule has 2 fully saturated rings. The summed E-state index contributed by atoms with van der Waals surface area (Å²) >= 11 is 0. The van der Waals surface area contributed by atoms with Crippen LogP contribution in [0.4, 0.5) is 10.5 Å². The van der Waals surface area contributed by atoms with Crippen LogP contribution >= 0.6 is 0 Å². The lowest BCUT2D eigenvalue weighted by atomic mass is 9.90. The monoisotopic (exact) mass is 333 g/mol. The van der Waals surface area contributed by atoms with Crippen molar-refractivity contribution in [3.63, 3.8) is 0 Å². The van der Waals surface area contributed by atoms with E-state index >= 15 is 0 Å². The highest BCUT2D eigenvalue weighted by Crippen LogP contribution is 2.28. The normalized spacial score (nSPS) is 19.3. The summed E-state index contributed by atoms with van der Waals surface area (Å²) in [7, 11) is 1.53. The molecule has 128 valence electrons. The van der Waals surface area contributed by atoms with Gasteiger partial charge in [0.15, 0.2) is 0 Å². The molecular formula is C16H19N3O5. The predicted molar refractivity (Wildman–Crippen MR) is 84.7 cm³/mol. The van der Waals surface area contributed by atoms with Crippen molar-refractivity contribution in [2.24, 2.45) is 0 Å². The molecule has 2 saturated heterocycles. The summed E-state index contributed by atoms with van der Waals surface area (Å²) in [6.45, 7) is 0.496. The SMILES string of the molecule is COc1cccc(NC(=O)CN2C(=O)NC3(CCOCC3)C2=O)c1. The second-order valence-electron chi connectivity index (χ2n) is 5.80. The molecule has 0 atom stereocenters. The number of nitrogens with zero attached hydrogens (tertiary/aromatic N) is 1. The van der Waals surface area contributed by atoms with Crippen LogP contribution in [-0.2, 0) is 14.3 Å². The Hall–Kier alpha value is -2.61. The second-order valence-corrected chi connectivity index (χ2v) is 5.80. The number of anilines is 1. The number of rotatable bonds is 4. The van der Waals surface area contributed by atoms with Crippen LogP contribution in [0.1, 0.15) is 12.8 Å². The fraction of sp³-hybridized carbons (Fsp3) is 0.438. The summed E-state index contributed by atoms with van der Waals surface area (Å²) in [5, 5.41) is 5.37. The van der Waals surface area contributed by atoms with Crippen LogP contribution in [0.2, 0.25) is 0 Å². The first kappa shape index (κ1) is 16.3. The average molecular weight is 333 g/mol. The first-order valence-electron chi connectivity index (χ1n) is 7.70. The molecule has 3 rings (SSSR count). The Kier molecular flexibility index (Phi) is 4.39. The fourth-order valence-electron chi connectivity index (χ4n) is 2.92. The van der Waals surface area contributed by atoms with Crippen LogP contribution in [0.25, 0.3) is 0 Å². The number of hydrogen-bond acceptors (Lipinski definition) is 5. The quantitative estimate of drug-likeness (QED) is 0.792. The Labute approximate surface area is 139 Å². The number of hydrogen-bond donors (Lipinski definition) is 2. The maximum absolute atomic E-state index is 12.6. The summed E-state index contributed by atoms with van der Waals surface area (Å²) < 4.78 is 10.3. The second kappa shape index (κ2) is 6.48. The van der Waals surface area contributed by atoms with Gasteiger partial charge in [-0.1, -0.05) is 6.07 Å². The fourth-order valence-corrected chi connectivity index (χ4v) is 2.92. The Balaban J connectivity index is 1.65. The Bertz CT molecular complexity index is 669. The van der Waals surface area contributed by atoms with Crippen molar-refractivity contribution in [1.82, 2.24) is 10.2 Å². The molecule has 8 nitrogen and oxygen atoms in total. The minimum Gasteiger partial charge on any atom is -0.497 e. The number of imide groups is 1. The van der Waals surface area contributed by atoms with Crippen molar-refractivity contribution >= 4 is 23.5 Å². The van der Waals surface area contributed by atoms with E-state index in [1.807, 2.05) is 0 Å². The zero-order chi connectivity index (χ0) is 17.2. The van der Waals surface area contributed by atoms with Gasteiger partial charge < -0.3 is 20.1 Å². The van der Waals surface area contributed by atoms with E-state index in [1.165, 1.54) is 7.11 Å². The van der Waals surface area contributed by atoms with Crippen molar-refractivity contribution in [2.75, 3.05) is 32.2 Å². The number of methoxy groups -OCH3 is 1. The van der Waals surface area contributed by atoms with Gasteiger partial charge in [0, 0.05) is 37.8 Å². The molecule has 2 aliphatic heterocycles. The molecule has 0 radical (unpaired) electrons. The lowest BCUT2D eigenvalue weighted by molar-refractivity contribution is -0.136. The minimum absolute atomic E-state index is 0.329. The van der Waals surface area contributed by atoms with E-state index in [0.717, 1.165) is 4.90 Å². The molecule has 0 aromatic heterocycles. The highest BCUT2D eigenvalue weighted by atomic mass is 16.5. The van der Waals surface area contributed by atoms with Gasteiger partial charge in [-0.05, 0) is 12.1 Å². The van der Waals surface area contributed by atoms with E-state index in [9.17, 15) is 14.4 Å². The molecule has 1 aromatic carbocycles. The smallest absolute Gasteiger partial charge is 0.325 e. The lowest BCUT2D eigenvalue weighted by Crippen LogP contribution is -2.51. The Morgan fingerprint density at radius 1 is 1.38 bits per heavy atom. The first-order valence-corrected chi connectivity index (χ1v) is 7.70. The van der Waals surface area contributed by atoms with Gasteiger partial charge in [0.1, 0.15) is 17.8 Å². The van der Waals surface area contributed by atoms with E-state index in [-0.39, 0.29) is 12.5 Å². The first-order chi connectivity index (χ1) is 11.5. The minimum atomic E-state index is -0.925. The molecular weight excluding hydrogens is 314 g/mol. The van der Waals surface area contributed by atoms with Gasteiger partial charge in [-0.3, -0.25) is 14.5 Å². The van der Waals surface area contributed by atoms with Gasteiger partial charge in [-0.25, -0.2) is 4.79 Å². The van der Waals surface area contributed by atoms with Crippen LogP contribution in [0, 0.1) is 0 Å². The van der Waals surface area contributed by atoms with Crippen molar-refractivity contribution < 1.29 is 23.9 Å². The molecule has 1 spiro atoms. The molecule has 2 heterocycles. The number of carbonyl (C=O) groups excluding carboxylic acids is 3. The number of nitrogens with one attached hydrogen (secondary N) is 2. The lowest BCUT2D eigenvalue weighted by Gasteiger charge is -2.30. The molecule has 0 unspecified atom stereocenters. The van der Waals surface area contributed by atoms with E-state index in [1.54, 1.807) is 24.3 Å². The number of amides is 4. The molecule has 1 aromatic rings. The zero-order valence-electron chi connectivity index (χ0n) is 13.3. The maximum Gasteiger partial charge on any atom is 0.325 e. The topological polar surface area (TPSA) is 97.0 Å². The molecule has 0 bridgehead atoms. The summed E-state index contributed by atoms with van der Waals surface area (Å²) in [6.07, 6.45) is 0.844. The highest BCUT2D eigenvalue weighted by Gasteiger charge is 2.52. The maximum atomic E-state index is 12.6. The van der Waals surface area contributed by atoms with Crippen LogP contribution in [0.15, 0.2) is 24.3 Å². The van der Waals surface area contributed by atoms with Crippen molar-refractivity contribution in [2.45, 2.75) is 18.4 Å². The third kappa shape index (κ3) is 3.05. The van der Waals surface area contributed by atoms with Crippen LogP contribution in [-0.4, -0.2) is 55.2 Å². The number of carbonyl (C=O) groups is 3. The van der Waals surface area contributed by atoms with E-state index in [0.29, 0.717) is 37.5 Å². The molecule has 0 aliphatic carbocycles. The van der Waals surface area contributed by atoms with E-state index in [2.05, 4.69) is 10.6 Å².